The van der Waals surface area contributed by atoms with Gasteiger partial charge in [-0.1, -0.05) is 19.3 Å². The predicted molar refractivity (Wildman–Crippen MR) is 68.7 cm³/mol. The lowest BCUT2D eigenvalue weighted by atomic mass is 9.95. The summed E-state index contributed by atoms with van der Waals surface area (Å²) in [6, 6.07) is -0.297. The van der Waals surface area contributed by atoms with E-state index in [1.807, 2.05) is 0 Å². The minimum Gasteiger partial charge on any atom is -0.481 e. The number of hydrogen-bond donors (Lipinski definition) is 2. The van der Waals surface area contributed by atoms with Crippen molar-refractivity contribution in [3.63, 3.8) is 0 Å². The molecular weight excluding hydrogens is 246 g/mol. The topological polar surface area (TPSA) is 84.2 Å². The first-order valence-electron chi connectivity index (χ1n) is 6.59. The van der Waals surface area contributed by atoms with Gasteiger partial charge in [0.25, 0.3) is 5.91 Å². The van der Waals surface area contributed by atoms with Crippen molar-refractivity contribution in [1.29, 1.82) is 0 Å². The molecule has 2 rings (SSSR count). The summed E-state index contributed by atoms with van der Waals surface area (Å²) in [5.74, 6) is -1.61. The molecule has 19 heavy (non-hydrogen) atoms. The summed E-state index contributed by atoms with van der Waals surface area (Å²) in [7, 11) is 1.79. The second-order valence-corrected chi connectivity index (χ2v) is 5.09. The van der Waals surface area contributed by atoms with E-state index in [-0.39, 0.29) is 11.9 Å². The van der Waals surface area contributed by atoms with Crippen molar-refractivity contribution in [2.45, 2.75) is 38.1 Å². The quantitative estimate of drug-likeness (QED) is 0.804. The Morgan fingerprint density at radius 1 is 1.37 bits per heavy atom. The van der Waals surface area contributed by atoms with E-state index < -0.39 is 11.9 Å². The van der Waals surface area contributed by atoms with Gasteiger partial charge in [-0.25, -0.2) is 4.98 Å². The second kappa shape index (κ2) is 5.86. The number of carbonyl (C=O) groups excluding carboxylic acids is 1. The standard InChI is InChI=1S/C13H19N3O3/c1-16-7-11(14-8-16)12(17)15-10-6-4-2-3-5-9(10)13(18)19/h7-10H,2-6H2,1H3,(H,15,17)(H,18,19). The molecule has 0 bridgehead atoms. The number of aromatic nitrogens is 2. The van der Waals surface area contributed by atoms with Crippen LogP contribution in [0.4, 0.5) is 0 Å². The highest BCUT2D eigenvalue weighted by Gasteiger charge is 2.31. The van der Waals surface area contributed by atoms with E-state index in [2.05, 4.69) is 10.3 Å². The molecule has 1 amide bonds. The van der Waals surface area contributed by atoms with E-state index in [0.717, 1.165) is 25.7 Å². The van der Waals surface area contributed by atoms with Crippen LogP contribution < -0.4 is 5.32 Å². The van der Waals surface area contributed by atoms with Crippen LogP contribution >= 0.6 is 0 Å². The molecule has 1 heterocycles. The Morgan fingerprint density at radius 2 is 2.11 bits per heavy atom. The molecule has 1 aromatic heterocycles. The summed E-state index contributed by atoms with van der Waals surface area (Å²) in [5.41, 5.74) is 0.330. The first-order valence-corrected chi connectivity index (χ1v) is 6.59. The lowest BCUT2D eigenvalue weighted by molar-refractivity contribution is -0.142. The molecule has 0 aromatic carbocycles. The first-order chi connectivity index (χ1) is 9.08. The van der Waals surface area contributed by atoms with Gasteiger partial charge in [0.05, 0.1) is 12.2 Å². The highest BCUT2D eigenvalue weighted by molar-refractivity contribution is 5.92. The number of nitrogens with one attached hydrogen (secondary N) is 1. The third kappa shape index (κ3) is 3.33. The number of carbonyl (C=O) groups is 2. The zero-order chi connectivity index (χ0) is 13.8. The summed E-state index contributed by atoms with van der Waals surface area (Å²) >= 11 is 0. The van der Waals surface area contributed by atoms with Crippen LogP contribution in [0.5, 0.6) is 0 Å². The third-order valence-corrected chi connectivity index (χ3v) is 3.59. The number of amides is 1. The van der Waals surface area contributed by atoms with Crippen molar-refractivity contribution in [2.75, 3.05) is 0 Å². The Balaban J connectivity index is 2.06. The number of imidazole rings is 1. The van der Waals surface area contributed by atoms with E-state index >= 15 is 0 Å². The fourth-order valence-electron chi connectivity index (χ4n) is 2.55. The second-order valence-electron chi connectivity index (χ2n) is 5.09. The molecule has 1 aliphatic carbocycles. The van der Waals surface area contributed by atoms with Gasteiger partial charge in [-0.3, -0.25) is 9.59 Å². The molecule has 6 heteroatoms. The summed E-state index contributed by atoms with van der Waals surface area (Å²) in [4.78, 5) is 27.3. The van der Waals surface area contributed by atoms with Crippen LogP contribution in [0.15, 0.2) is 12.5 Å². The molecule has 0 aliphatic heterocycles. The van der Waals surface area contributed by atoms with Crippen molar-refractivity contribution in [1.82, 2.24) is 14.9 Å². The zero-order valence-electron chi connectivity index (χ0n) is 11.0. The van der Waals surface area contributed by atoms with Crippen molar-refractivity contribution >= 4 is 11.9 Å². The normalized spacial score (nSPS) is 23.6. The minimum absolute atomic E-state index is 0.293. The van der Waals surface area contributed by atoms with Crippen molar-refractivity contribution in [2.24, 2.45) is 13.0 Å². The molecule has 104 valence electrons. The van der Waals surface area contributed by atoms with Crippen LogP contribution in [0.25, 0.3) is 0 Å². The smallest absolute Gasteiger partial charge is 0.308 e. The Bertz CT molecular complexity index is 469. The predicted octanol–water partition coefficient (Wildman–Crippen LogP) is 1.18. The molecule has 1 saturated carbocycles. The van der Waals surface area contributed by atoms with Crippen LogP contribution in [0, 0.1) is 5.92 Å². The van der Waals surface area contributed by atoms with E-state index in [9.17, 15) is 14.7 Å². The molecule has 1 aliphatic rings. The van der Waals surface area contributed by atoms with E-state index in [1.165, 1.54) is 0 Å². The van der Waals surface area contributed by atoms with Crippen LogP contribution in [-0.4, -0.2) is 32.6 Å². The van der Waals surface area contributed by atoms with Gasteiger partial charge >= 0.3 is 5.97 Å². The molecule has 6 nitrogen and oxygen atoms in total. The van der Waals surface area contributed by atoms with Crippen LogP contribution in [0.1, 0.15) is 42.6 Å². The molecule has 2 N–H and O–H groups in total. The minimum atomic E-state index is -0.826. The molecule has 0 spiro atoms. The van der Waals surface area contributed by atoms with E-state index in [4.69, 9.17) is 0 Å². The van der Waals surface area contributed by atoms with Crippen molar-refractivity contribution in [3.8, 4) is 0 Å². The maximum atomic E-state index is 12.0. The molecule has 2 unspecified atom stereocenters. The van der Waals surface area contributed by atoms with Crippen molar-refractivity contribution in [3.05, 3.63) is 18.2 Å². The number of carboxylic acid groups (broad SMARTS) is 1. The zero-order valence-corrected chi connectivity index (χ0v) is 11.0. The Hall–Kier alpha value is -1.85. The molecular formula is C13H19N3O3. The molecule has 1 aromatic rings. The third-order valence-electron chi connectivity index (χ3n) is 3.59. The number of nitrogens with zero attached hydrogens (tertiary/aromatic N) is 2. The largest absolute Gasteiger partial charge is 0.481 e. The van der Waals surface area contributed by atoms with Gasteiger partial charge in [0.2, 0.25) is 0 Å². The SMILES string of the molecule is Cn1cnc(C(=O)NC2CCCCCC2C(=O)O)c1. The summed E-state index contributed by atoms with van der Waals surface area (Å²) < 4.78 is 1.69. The average molecular weight is 265 g/mol. The number of hydrogen-bond acceptors (Lipinski definition) is 3. The highest BCUT2D eigenvalue weighted by atomic mass is 16.4. The van der Waals surface area contributed by atoms with Gasteiger partial charge in [-0.15, -0.1) is 0 Å². The van der Waals surface area contributed by atoms with Gasteiger partial charge in [0, 0.05) is 19.3 Å². The number of rotatable bonds is 3. The fraction of sp³-hybridized carbons (Fsp3) is 0.615. The molecule has 0 radical (unpaired) electrons. The molecule has 0 saturated heterocycles. The van der Waals surface area contributed by atoms with Gasteiger partial charge in [-0.2, -0.15) is 0 Å². The van der Waals surface area contributed by atoms with Crippen molar-refractivity contribution < 1.29 is 14.7 Å². The lowest BCUT2D eigenvalue weighted by Crippen LogP contribution is -2.43. The number of aliphatic carboxylic acids is 1. The summed E-state index contributed by atoms with van der Waals surface area (Å²) in [6.07, 6.45) is 7.42. The van der Waals surface area contributed by atoms with Gasteiger partial charge in [-0.05, 0) is 12.8 Å². The Labute approximate surface area is 111 Å². The van der Waals surface area contributed by atoms with Gasteiger partial charge < -0.3 is 15.0 Å². The summed E-state index contributed by atoms with van der Waals surface area (Å²) in [6.45, 7) is 0. The highest BCUT2D eigenvalue weighted by Crippen LogP contribution is 2.24. The number of aryl methyl sites for hydroxylation is 1. The van der Waals surface area contributed by atoms with Gasteiger partial charge in [0.15, 0.2) is 0 Å². The maximum Gasteiger partial charge on any atom is 0.308 e. The van der Waals surface area contributed by atoms with Crippen LogP contribution in [0.2, 0.25) is 0 Å². The van der Waals surface area contributed by atoms with E-state index in [1.54, 1.807) is 24.1 Å². The average Bonchev–Trinajstić information content (AvgIpc) is 2.65. The molecule has 2 atom stereocenters. The Morgan fingerprint density at radius 3 is 2.74 bits per heavy atom. The van der Waals surface area contributed by atoms with Gasteiger partial charge in [0.1, 0.15) is 5.69 Å². The maximum absolute atomic E-state index is 12.0. The fourth-order valence-corrected chi connectivity index (χ4v) is 2.55. The summed E-state index contributed by atoms with van der Waals surface area (Å²) in [5, 5.41) is 12.1. The monoisotopic (exact) mass is 265 g/mol. The molecule has 1 fully saturated rings. The van der Waals surface area contributed by atoms with Crippen LogP contribution in [-0.2, 0) is 11.8 Å². The first kappa shape index (κ1) is 13.6. The van der Waals surface area contributed by atoms with E-state index in [0.29, 0.717) is 12.1 Å². The number of carboxylic acids is 1. The Kier molecular flexibility index (Phi) is 4.19. The van der Waals surface area contributed by atoms with Crippen LogP contribution in [0.3, 0.4) is 0 Å². The lowest BCUT2D eigenvalue weighted by Gasteiger charge is -2.22.